The number of fused-ring (bicyclic) bond motifs is 1. The number of anilines is 1. The van der Waals surface area contributed by atoms with Crippen molar-refractivity contribution in [1.82, 2.24) is 25.1 Å². The Hall–Kier alpha value is -2.55. The fourth-order valence-corrected chi connectivity index (χ4v) is 4.61. The molecule has 2 fully saturated rings. The summed E-state index contributed by atoms with van der Waals surface area (Å²) in [5.74, 6) is 1.04. The van der Waals surface area contributed by atoms with Crippen molar-refractivity contribution < 1.29 is 9.74 Å². The normalized spacial score (nSPS) is 24.2. The highest BCUT2D eigenvalue weighted by Gasteiger charge is 2.34. The molecule has 0 aliphatic carbocycles. The van der Waals surface area contributed by atoms with Crippen molar-refractivity contribution in [2.75, 3.05) is 44.2 Å². The van der Waals surface area contributed by atoms with Gasteiger partial charge >= 0.3 is 0 Å². The molecule has 0 unspecified atom stereocenters. The Kier molecular flexibility index (Phi) is 5.13. The highest BCUT2D eigenvalue weighted by Crippen LogP contribution is 2.23. The van der Waals surface area contributed by atoms with Gasteiger partial charge in [0.1, 0.15) is 16.9 Å². The fraction of sp³-hybridized carbons (Fsp3) is 0.476. The molecule has 1 aromatic carbocycles. The van der Waals surface area contributed by atoms with Crippen molar-refractivity contribution in [3.8, 4) is 0 Å². The third kappa shape index (κ3) is 3.83. The van der Waals surface area contributed by atoms with Crippen LogP contribution in [0.15, 0.2) is 47.2 Å². The zero-order valence-electron chi connectivity index (χ0n) is 16.4. The van der Waals surface area contributed by atoms with E-state index in [1.54, 1.807) is 0 Å². The first-order valence-electron chi connectivity index (χ1n) is 10.3. The monoisotopic (exact) mass is 394 g/mol. The molecule has 0 radical (unpaired) electrons. The summed E-state index contributed by atoms with van der Waals surface area (Å²) in [6.07, 6.45) is 2.47. The standard InChI is InChI=1S/C21H26N6O2/c28-19-15-25(14-16-4-3-5-17-21(16)24-29-23-17)9-7-18(19)26-10-12-27(13-11-26)20-6-1-2-8-22-20/h1-6,8,18-19,28H,7,9-15H2/t18-,19-/m1/s1. The van der Waals surface area contributed by atoms with Gasteiger partial charge in [0.25, 0.3) is 0 Å². The van der Waals surface area contributed by atoms with Crippen molar-refractivity contribution in [3.05, 3.63) is 48.2 Å². The van der Waals surface area contributed by atoms with E-state index in [9.17, 15) is 5.11 Å². The van der Waals surface area contributed by atoms with Crippen molar-refractivity contribution in [3.63, 3.8) is 0 Å². The number of hydrogen-bond acceptors (Lipinski definition) is 8. The molecular weight excluding hydrogens is 368 g/mol. The Bertz CT molecular complexity index is 941. The molecule has 8 nitrogen and oxygen atoms in total. The fourth-order valence-electron chi connectivity index (χ4n) is 4.61. The summed E-state index contributed by atoms with van der Waals surface area (Å²) < 4.78 is 4.87. The number of nitrogens with zero attached hydrogens (tertiary/aromatic N) is 6. The molecule has 8 heteroatoms. The van der Waals surface area contributed by atoms with Gasteiger partial charge in [0, 0.05) is 58.1 Å². The van der Waals surface area contributed by atoms with E-state index in [0.29, 0.717) is 6.54 Å². The molecule has 152 valence electrons. The Morgan fingerprint density at radius 1 is 1.00 bits per heavy atom. The molecule has 2 aliphatic rings. The number of likely N-dealkylation sites (tertiary alicyclic amines) is 1. The summed E-state index contributed by atoms with van der Waals surface area (Å²) in [5.41, 5.74) is 2.69. The number of pyridine rings is 1. The first-order chi connectivity index (χ1) is 14.3. The van der Waals surface area contributed by atoms with E-state index in [4.69, 9.17) is 4.63 Å². The predicted molar refractivity (Wildman–Crippen MR) is 110 cm³/mol. The van der Waals surface area contributed by atoms with Crippen molar-refractivity contribution in [2.24, 2.45) is 0 Å². The van der Waals surface area contributed by atoms with E-state index in [1.165, 1.54) is 0 Å². The van der Waals surface area contributed by atoms with Crippen LogP contribution in [0.2, 0.25) is 0 Å². The molecule has 1 N–H and O–H groups in total. The molecule has 0 bridgehead atoms. The van der Waals surface area contributed by atoms with Crippen LogP contribution < -0.4 is 4.90 Å². The molecule has 29 heavy (non-hydrogen) atoms. The molecule has 0 saturated carbocycles. The molecule has 5 rings (SSSR count). The maximum atomic E-state index is 10.9. The predicted octanol–water partition coefficient (Wildman–Crippen LogP) is 1.38. The SMILES string of the molecule is O[C@@H]1CN(Cc2cccc3nonc23)CC[C@H]1N1CCN(c2ccccn2)CC1. The van der Waals surface area contributed by atoms with E-state index in [1.807, 2.05) is 30.5 Å². The Morgan fingerprint density at radius 2 is 1.90 bits per heavy atom. The second-order valence-corrected chi connectivity index (χ2v) is 7.92. The summed E-state index contributed by atoms with van der Waals surface area (Å²) in [5, 5.41) is 18.8. The second-order valence-electron chi connectivity index (χ2n) is 7.92. The number of rotatable bonds is 4. The van der Waals surface area contributed by atoms with Crippen LogP contribution in [0.1, 0.15) is 12.0 Å². The van der Waals surface area contributed by atoms with E-state index in [0.717, 1.165) is 68.1 Å². The summed E-state index contributed by atoms with van der Waals surface area (Å²) in [6, 6.07) is 12.2. The van der Waals surface area contributed by atoms with E-state index in [2.05, 4.69) is 42.1 Å². The van der Waals surface area contributed by atoms with Gasteiger partial charge in [-0.3, -0.25) is 9.80 Å². The molecule has 2 saturated heterocycles. The number of piperazine rings is 1. The number of hydrogen-bond donors (Lipinski definition) is 1. The average Bonchev–Trinajstić information content (AvgIpc) is 3.25. The highest BCUT2D eigenvalue weighted by molar-refractivity contribution is 5.76. The number of aromatic nitrogens is 3. The minimum absolute atomic E-state index is 0.224. The molecule has 3 aromatic rings. The van der Waals surface area contributed by atoms with Crippen molar-refractivity contribution in [2.45, 2.75) is 25.1 Å². The van der Waals surface area contributed by atoms with E-state index >= 15 is 0 Å². The molecule has 2 aliphatic heterocycles. The van der Waals surface area contributed by atoms with Gasteiger partial charge in [-0.1, -0.05) is 18.2 Å². The molecular formula is C21H26N6O2. The Labute approximate surface area is 169 Å². The molecule has 0 spiro atoms. The Balaban J connectivity index is 1.17. The lowest BCUT2D eigenvalue weighted by molar-refractivity contribution is -0.0171. The van der Waals surface area contributed by atoms with Gasteiger partial charge in [-0.15, -0.1) is 0 Å². The quantitative estimate of drug-likeness (QED) is 0.711. The average molecular weight is 394 g/mol. The van der Waals surface area contributed by atoms with Crippen LogP contribution in [-0.2, 0) is 6.54 Å². The maximum Gasteiger partial charge on any atom is 0.139 e. The molecule has 2 aromatic heterocycles. The lowest BCUT2D eigenvalue weighted by Crippen LogP contribution is -2.58. The largest absolute Gasteiger partial charge is 0.390 e. The summed E-state index contributed by atoms with van der Waals surface area (Å²) in [6.45, 7) is 6.21. The van der Waals surface area contributed by atoms with Crippen LogP contribution >= 0.6 is 0 Å². The topological polar surface area (TPSA) is 81.8 Å². The van der Waals surface area contributed by atoms with Gasteiger partial charge < -0.3 is 10.0 Å². The molecule has 0 amide bonds. The Morgan fingerprint density at radius 3 is 2.69 bits per heavy atom. The van der Waals surface area contributed by atoms with Crippen LogP contribution in [-0.4, -0.2) is 81.6 Å². The lowest BCUT2D eigenvalue weighted by Gasteiger charge is -2.45. The van der Waals surface area contributed by atoms with E-state index in [-0.39, 0.29) is 12.1 Å². The van der Waals surface area contributed by atoms with Gasteiger partial charge in [-0.2, -0.15) is 0 Å². The van der Waals surface area contributed by atoms with E-state index < -0.39 is 0 Å². The van der Waals surface area contributed by atoms with Crippen LogP contribution in [0.25, 0.3) is 11.0 Å². The summed E-state index contributed by atoms with van der Waals surface area (Å²) in [4.78, 5) is 11.5. The molecule has 2 atom stereocenters. The van der Waals surface area contributed by atoms with Gasteiger partial charge in [0.05, 0.1) is 6.10 Å². The highest BCUT2D eigenvalue weighted by atomic mass is 16.6. The third-order valence-corrected chi connectivity index (χ3v) is 6.15. The second kappa shape index (κ2) is 8.06. The minimum atomic E-state index is -0.347. The smallest absolute Gasteiger partial charge is 0.139 e. The van der Waals surface area contributed by atoms with Crippen LogP contribution in [0.3, 0.4) is 0 Å². The lowest BCUT2D eigenvalue weighted by atomic mass is 9.98. The minimum Gasteiger partial charge on any atom is -0.390 e. The number of aliphatic hydroxyl groups is 1. The first kappa shape index (κ1) is 18.5. The maximum absolute atomic E-state index is 10.9. The summed E-state index contributed by atoms with van der Waals surface area (Å²) >= 11 is 0. The number of benzene rings is 1. The molecule has 4 heterocycles. The van der Waals surface area contributed by atoms with Crippen LogP contribution in [0.5, 0.6) is 0 Å². The van der Waals surface area contributed by atoms with Crippen LogP contribution in [0, 0.1) is 0 Å². The van der Waals surface area contributed by atoms with Gasteiger partial charge in [0.2, 0.25) is 0 Å². The number of β-amino-alcohol motifs (C(OH)–C–C–N with tert-alkyl or cyclic N) is 1. The summed E-state index contributed by atoms with van der Waals surface area (Å²) in [7, 11) is 0. The van der Waals surface area contributed by atoms with Gasteiger partial charge in [-0.25, -0.2) is 9.61 Å². The van der Waals surface area contributed by atoms with Gasteiger partial charge in [0.15, 0.2) is 0 Å². The van der Waals surface area contributed by atoms with Gasteiger partial charge in [-0.05, 0) is 40.5 Å². The third-order valence-electron chi connectivity index (χ3n) is 6.15. The zero-order chi connectivity index (χ0) is 19.6. The first-order valence-corrected chi connectivity index (χ1v) is 10.3. The zero-order valence-corrected chi connectivity index (χ0v) is 16.4. The number of aliphatic hydroxyl groups excluding tert-OH is 1. The van der Waals surface area contributed by atoms with Crippen LogP contribution in [0.4, 0.5) is 5.82 Å². The number of piperidine rings is 1. The van der Waals surface area contributed by atoms with Crippen molar-refractivity contribution >= 4 is 16.9 Å². The van der Waals surface area contributed by atoms with Crippen molar-refractivity contribution in [1.29, 1.82) is 0 Å².